The maximum absolute atomic E-state index is 14.0. The van der Waals surface area contributed by atoms with Crippen molar-refractivity contribution in [2.45, 2.75) is 19.7 Å². The SMILES string of the molecule is Cc1c(F)cccc1-c1nc2ccc(OC(F)(F)F)cc2c2c1CC=C2. The second kappa shape index (κ2) is 5.83. The molecule has 0 fully saturated rings. The van der Waals surface area contributed by atoms with Crippen LogP contribution >= 0.6 is 0 Å². The lowest BCUT2D eigenvalue weighted by Crippen LogP contribution is -2.17. The quantitative estimate of drug-likeness (QED) is 0.538. The van der Waals surface area contributed by atoms with Gasteiger partial charge in [0, 0.05) is 10.9 Å². The zero-order valence-corrected chi connectivity index (χ0v) is 13.7. The van der Waals surface area contributed by atoms with Gasteiger partial charge in [0.1, 0.15) is 11.6 Å². The lowest BCUT2D eigenvalue weighted by Gasteiger charge is -2.15. The Bertz CT molecular complexity index is 1050. The molecule has 6 heteroatoms. The number of alkyl halides is 3. The van der Waals surface area contributed by atoms with Crippen LogP contribution in [0, 0.1) is 12.7 Å². The third-order valence-corrected chi connectivity index (χ3v) is 4.46. The van der Waals surface area contributed by atoms with Gasteiger partial charge in [-0.2, -0.15) is 0 Å². The number of fused-ring (bicyclic) bond motifs is 3. The van der Waals surface area contributed by atoms with Gasteiger partial charge >= 0.3 is 6.36 Å². The van der Waals surface area contributed by atoms with Crippen molar-refractivity contribution in [2.24, 2.45) is 0 Å². The summed E-state index contributed by atoms with van der Waals surface area (Å²) < 4.78 is 55.5. The number of benzene rings is 2. The standard InChI is InChI=1S/C20H13F4NO/c1-11-13(4-3-7-17(11)21)19-15-6-2-5-14(15)16-10-12(26-20(22,23)24)8-9-18(16)25-19/h2-5,7-10H,6H2,1H3. The first-order chi connectivity index (χ1) is 12.3. The van der Waals surface area contributed by atoms with Crippen LogP contribution in [0.3, 0.4) is 0 Å². The summed E-state index contributed by atoms with van der Waals surface area (Å²) in [6, 6.07) is 8.87. The van der Waals surface area contributed by atoms with Crippen molar-refractivity contribution in [1.82, 2.24) is 4.98 Å². The summed E-state index contributed by atoms with van der Waals surface area (Å²) in [6.45, 7) is 1.69. The van der Waals surface area contributed by atoms with Crippen LogP contribution in [0.4, 0.5) is 17.6 Å². The highest BCUT2D eigenvalue weighted by Crippen LogP contribution is 2.38. The first-order valence-electron chi connectivity index (χ1n) is 7.98. The molecule has 1 aliphatic rings. The summed E-state index contributed by atoms with van der Waals surface area (Å²) >= 11 is 0. The van der Waals surface area contributed by atoms with Gasteiger partial charge in [-0.05, 0) is 54.3 Å². The van der Waals surface area contributed by atoms with E-state index in [2.05, 4.69) is 9.72 Å². The highest BCUT2D eigenvalue weighted by atomic mass is 19.4. The number of aromatic nitrogens is 1. The largest absolute Gasteiger partial charge is 0.573 e. The summed E-state index contributed by atoms with van der Waals surface area (Å²) in [6.07, 6.45) is -0.386. The fraction of sp³-hybridized carbons (Fsp3) is 0.150. The van der Waals surface area contributed by atoms with E-state index in [0.717, 1.165) is 11.1 Å². The van der Waals surface area contributed by atoms with E-state index in [1.165, 1.54) is 24.3 Å². The Balaban J connectivity index is 1.94. The molecule has 26 heavy (non-hydrogen) atoms. The molecule has 0 saturated heterocycles. The second-order valence-corrected chi connectivity index (χ2v) is 6.10. The topological polar surface area (TPSA) is 22.1 Å². The molecule has 0 atom stereocenters. The average molecular weight is 359 g/mol. The van der Waals surface area contributed by atoms with Gasteiger partial charge in [-0.25, -0.2) is 9.37 Å². The van der Waals surface area contributed by atoms with Crippen LogP contribution in [-0.2, 0) is 6.42 Å². The van der Waals surface area contributed by atoms with E-state index in [1.807, 2.05) is 12.2 Å². The number of allylic oxidation sites excluding steroid dienone is 1. The predicted molar refractivity (Wildman–Crippen MR) is 91.3 cm³/mol. The van der Waals surface area contributed by atoms with E-state index >= 15 is 0 Å². The number of hydrogen-bond donors (Lipinski definition) is 0. The summed E-state index contributed by atoms with van der Waals surface area (Å²) in [4.78, 5) is 4.61. The molecule has 1 heterocycles. The van der Waals surface area contributed by atoms with Gasteiger partial charge in [-0.3, -0.25) is 0 Å². The Morgan fingerprint density at radius 3 is 2.69 bits per heavy atom. The molecule has 0 N–H and O–H groups in total. The molecule has 0 amide bonds. The van der Waals surface area contributed by atoms with Crippen molar-refractivity contribution >= 4 is 17.0 Å². The molecular formula is C20H13F4NO. The molecule has 0 bridgehead atoms. The van der Waals surface area contributed by atoms with Crippen molar-refractivity contribution in [1.29, 1.82) is 0 Å². The van der Waals surface area contributed by atoms with E-state index < -0.39 is 6.36 Å². The molecule has 0 saturated carbocycles. The fourth-order valence-electron chi connectivity index (χ4n) is 3.28. The zero-order valence-electron chi connectivity index (χ0n) is 13.7. The average Bonchev–Trinajstić information content (AvgIpc) is 3.05. The Labute approximate surface area is 146 Å². The predicted octanol–water partition coefficient (Wildman–Crippen LogP) is 5.82. The van der Waals surface area contributed by atoms with E-state index in [9.17, 15) is 17.6 Å². The van der Waals surface area contributed by atoms with Gasteiger partial charge in [-0.1, -0.05) is 24.3 Å². The van der Waals surface area contributed by atoms with E-state index in [1.54, 1.807) is 19.1 Å². The Hall–Kier alpha value is -2.89. The Kier molecular flexibility index (Phi) is 3.72. The number of ether oxygens (including phenoxy) is 1. The van der Waals surface area contributed by atoms with Gasteiger partial charge in [0.25, 0.3) is 0 Å². The van der Waals surface area contributed by atoms with Gasteiger partial charge in [0.15, 0.2) is 0 Å². The van der Waals surface area contributed by atoms with Crippen LogP contribution in [0.1, 0.15) is 16.7 Å². The zero-order chi connectivity index (χ0) is 18.5. The van der Waals surface area contributed by atoms with Crippen molar-refractivity contribution in [3.63, 3.8) is 0 Å². The number of nitrogens with zero attached hydrogens (tertiary/aromatic N) is 1. The highest BCUT2D eigenvalue weighted by molar-refractivity contribution is 5.95. The normalized spacial score (nSPS) is 13.3. The summed E-state index contributed by atoms with van der Waals surface area (Å²) in [5, 5.41) is 0.577. The third-order valence-electron chi connectivity index (χ3n) is 4.46. The molecule has 2 aromatic carbocycles. The van der Waals surface area contributed by atoms with Crippen LogP contribution in [-0.4, -0.2) is 11.3 Å². The van der Waals surface area contributed by atoms with Crippen molar-refractivity contribution in [2.75, 3.05) is 0 Å². The van der Waals surface area contributed by atoms with Crippen LogP contribution in [0.15, 0.2) is 42.5 Å². The van der Waals surface area contributed by atoms with E-state index in [4.69, 9.17) is 0 Å². The minimum absolute atomic E-state index is 0.288. The molecule has 0 radical (unpaired) electrons. The van der Waals surface area contributed by atoms with Gasteiger partial charge in [0.2, 0.25) is 0 Å². The maximum Gasteiger partial charge on any atom is 0.573 e. The number of rotatable bonds is 2. The Morgan fingerprint density at radius 2 is 1.92 bits per heavy atom. The van der Waals surface area contributed by atoms with Gasteiger partial charge < -0.3 is 4.74 Å². The molecule has 1 aliphatic carbocycles. The molecule has 0 spiro atoms. The monoisotopic (exact) mass is 359 g/mol. The van der Waals surface area contributed by atoms with Gasteiger partial charge in [-0.15, -0.1) is 13.2 Å². The lowest BCUT2D eigenvalue weighted by molar-refractivity contribution is -0.274. The summed E-state index contributed by atoms with van der Waals surface area (Å²) in [5.41, 5.74) is 4.02. The van der Waals surface area contributed by atoms with Crippen LogP contribution in [0.25, 0.3) is 28.2 Å². The molecule has 4 rings (SSSR count). The number of pyridine rings is 1. The number of halogens is 4. The molecule has 0 aliphatic heterocycles. The molecule has 3 aromatic rings. The van der Waals surface area contributed by atoms with Crippen LogP contribution in [0.5, 0.6) is 5.75 Å². The fourth-order valence-corrected chi connectivity index (χ4v) is 3.28. The maximum atomic E-state index is 14.0. The first-order valence-corrected chi connectivity index (χ1v) is 7.98. The van der Waals surface area contributed by atoms with Crippen molar-refractivity contribution in [3.05, 3.63) is 65.0 Å². The van der Waals surface area contributed by atoms with Crippen LogP contribution < -0.4 is 4.74 Å². The lowest BCUT2D eigenvalue weighted by atomic mass is 9.96. The summed E-state index contributed by atoms with van der Waals surface area (Å²) in [5.74, 6) is -0.609. The van der Waals surface area contributed by atoms with Crippen LogP contribution in [0.2, 0.25) is 0 Å². The molecule has 0 unspecified atom stereocenters. The first kappa shape index (κ1) is 16.6. The van der Waals surface area contributed by atoms with Crippen molar-refractivity contribution in [3.8, 4) is 17.0 Å². The second-order valence-electron chi connectivity index (χ2n) is 6.10. The molecule has 1 aromatic heterocycles. The molecular weight excluding hydrogens is 346 g/mol. The van der Waals surface area contributed by atoms with Gasteiger partial charge in [0.05, 0.1) is 11.2 Å². The highest BCUT2D eigenvalue weighted by Gasteiger charge is 2.31. The Morgan fingerprint density at radius 1 is 1.12 bits per heavy atom. The molecule has 132 valence electrons. The number of hydrogen-bond acceptors (Lipinski definition) is 2. The summed E-state index contributed by atoms with van der Waals surface area (Å²) in [7, 11) is 0. The molecule has 2 nitrogen and oxygen atoms in total. The third kappa shape index (κ3) is 2.81. The minimum Gasteiger partial charge on any atom is -0.406 e. The smallest absolute Gasteiger partial charge is 0.406 e. The van der Waals surface area contributed by atoms with E-state index in [-0.39, 0.29) is 11.6 Å². The minimum atomic E-state index is -4.75. The van der Waals surface area contributed by atoms with E-state index in [0.29, 0.717) is 34.1 Å². The van der Waals surface area contributed by atoms with Crippen molar-refractivity contribution < 1.29 is 22.3 Å².